The Bertz CT molecular complexity index is 1300. The zero-order valence-electron chi connectivity index (χ0n) is 19.8. The number of hydrogen-bond acceptors (Lipinski definition) is 5. The molecular weight excluding hydrogens is 584 g/mol. The Kier molecular flexibility index (Phi) is 6.96. The Balaban J connectivity index is 1.98. The van der Waals surface area contributed by atoms with Crippen LogP contribution in [0.5, 0.6) is 0 Å². The molecule has 0 bridgehead atoms. The second-order valence-corrected chi connectivity index (χ2v) is 11.6. The largest absolute Gasteiger partial charge is 0.491 e. The molecule has 2 heterocycles. The summed E-state index contributed by atoms with van der Waals surface area (Å²) in [5.41, 5.74) is -1.46. The molecule has 4 rings (SSSR count). The number of carbonyl (C=O) groups excluding carboxylic acids is 3. The van der Waals surface area contributed by atoms with E-state index in [0.29, 0.717) is 15.7 Å². The van der Waals surface area contributed by atoms with E-state index < -0.39 is 58.7 Å². The van der Waals surface area contributed by atoms with Crippen molar-refractivity contribution in [3.05, 3.63) is 62.8 Å². The summed E-state index contributed by atoms with van der Waals surface area (Å²) >= 11 is 9.38. The third-order valence-electron chi connectivity index (χ3n) is 6.62. The lowest BCUT2D eigenvalue weighted by Crippen LogP contribution is -2.49. The highest BCUT2D eigenvalue weighted by atomic mass is 79.9. The molecule has 2 aliphatic heterocycles. The van der Waals surface area contributed by atoms with Gasteiger partial charge in [0.2, 0.25) is 5.91 Å². The highest BCUT2D eigenvalue weighted by Gasteiger charge is 2.67. The van der Waals surface area contributed by atoms with E-state index in [9.17, 15) is 27.6 Å². The summed E-state index contributed by atoms with van der Waals surface area (Å²) in [5.74, 6) is -7.22. The molecule has 12 heteroatoms. The van der Waals surface area contributed by atoms with Gasteiger partial charge in [0.25, 0.3) is 0 Å². The maximum atomic E-state index is 15.5. The fourth-order valence-electron chi connectivity index (χ4n) is 5.34. The van der Waals surface area contributed by atoms with Crippen molar-refractivity contribution >= 4 is 51.1 Å². The number of rotatable bonds is 3. The lowest BCUT2D eigenvalue weighted by atomic mass is 9.62. The minimum atomic E-state index is -5.43. The second kappa shape index (κ2) is 9.36. The number of benzene rings is 2. The third kappa shape index (κ3) is 4.77. The predicted molar refractivity (Wildman–Crippen MR) is 131 cm³/mol. The van der Waals surface area contributed by atoms with Crippen LogP contribution in [0.1, 0.15) is 44.2 Å². The molecule has 1 fully saturated rings. The molecule has 0 saturated carbocycles. The van der Waals surface area contributed by atoms with Crippen LogP contribution in [0, 0.1) is 11.2 Å². The highest BCUT2D eigenvalue weighted by Crippen LogP contribution is 2.57. The summed E-state index contributed by atoms with van der Waals surface area (Å²) in [7, 11) is 0. The Hall–Kier alpha value is -2.50. The first-order chi connectivity index (χ1) is 17.1. The molecule has 1 spiro atoms. The van der Waals surface area contributed by atoms with E-state index in [1.165, 1.54) is 18.2 Å². The number of nitrogens with one attached hydrogen (secondary N) is 2. The number of carbonyl (C=O) groups is 3. The van der Waals surface area contributed by atoms with Gasteiger partial charge in [0.1, 0.15) is 17.3 Å². The molecule has 1 amide bonds. The van der Waals surface area contributed by atoms with E-state index in [2.05, 4.69) is 31.3 Å². The molecule has 1 unspecified atom stereocenters. The van der Waals surface area contributed by atoms with Gasteiger partial charge < -0.3 is 10.1 Å². The van der Waals surface area contributed by atoms with E-state index in [1.54, 1.807) is 18.2 Å². The summed E-state index contributed by atoms with van der Waals surface area (Å²) in [6.07, 6.45) is -5.18. The maximum Gasteiger partial charge on any atom is 0.491 e. The van der Waals surface area contributed by atoms with Crippen molar-refractivity contribution in [2.24, 2.45) is 5.41 Å². The molecular formula is C25H22BrClF4N2O4. The molecule has 0 radical (unpaired) electrons. The van der Waals surface area contributed by atoms with Crippen LogP contribution in [-0.4, -0.2) is 36.1 Å². The predicted octanol–water partition coefficient (Wildman–Crippen LogP) is 5.62. The van der Waals surface area contributed by atoms with E-state index in [0.717, 1.165) is 0 Å². The van der Waals surface area contributed by atoms with Crippen LogP contribution < -0.4 is 10.6 Å². The Morgan fingerprint density at radius 2 is 1.84 bits per heavy atom. The van der Waals surface area contributed by atoms with Gasteiger partial charge >= 0.3 is 18.1 Å². The van der Waals surface area contributed by atoms with Crippen molar-refractivity contribution in [1.29, 1.82) is 0 Å². The minimum Gasteiger partial charge on any atom is -0.385 e. The zero-order valence-corrected chi connectivity index (χ0v) is 22.1. The van der Waals surface area contributed by atoms with Crippen LogP contribution in [0.4, 0.5) is 23.2 Å². The SMILES string of the molecule is CC(C)(C)C[C@@H]1N[C@@H](C(=O)OC(=O)C(F)(F)F)[C@H](c2cccc(Cl)c2F)C12C(=O)Nc1cc(Br)ccc12. The number of alkyl halides is 3. The molecule has 2 aromatic rings. The third-order valence-corrected chi connectivity index (χ3v) is 7.40. The van der Waals surface area contributed by atoms with Gasteiger partial charge in [-0.1, -0.05) is 66.5 Å². The molecule has 0 aromatic heterocycles. The van der Waals surface area contributed by atoms with Gasteiger partial charge in [0.15, 0.2) is 0 Å². The number of anilines is 1. The summed E-state index contributed by atoms with van der Waals surface area (Å²) in [4.78, 5) is 38.5. The molecule has 2 N–H and O–H groups in total. The van der Waals surface area contributed by atoms with Gasteiger partial charge in [-0.05, 0) is 41.2 Å². The normalized spacial score (nSPS) is 25.2. The summed E-state index contributed by atoms with van der Waals surface area (Å²) in [6.45, 7) is 5.64. The van der Waals surface area contributed by atoms with E-state index in [-0.39, 0.29) is 17.0 Å². The van der Waals surface area contributed by atoms with E-state index in [4.69, 9.17) is 11.6 Å². The van der Waals surface area contributed by atoms with Crippen LogP contribution in [-0.2, 0) is 24.5 Å². The average molecular weight is 606 g/mol. The van der Waals surface area contributed by atoms with E-state index in [1.807, 2.05) is 20.8 Å². The molecule has 37 heavy (non-hydrogen) atoms. The lowest BCUT2D eigenvalue weighted by molar-refractivity contribution is -0.202. The van der Waals surface area contributed by atoms with Gasteiger partial charge in [-0.25, -0.2) is 14.0 Å². The van der Waals surface area contributed by atoms with Crippen LogP contribution in [0.3, 0.4) is 0 Å². The topological polar surface area (TPSA) is 84.5 Å². The molecule has 2 aromatic carbocycles. The number of esters is 2. The smallest absolute Gasteiger partial charge is 0.385 e. The van der Waals surface area contributed by atoms with Crippen molar-refractivity contribution in [3.63, 3.8) is 0 Å². The monoisotopic (exact) mass is 604 g/mol. The van der Waals surface area contributed by atoms with Crippen molar-refractivity contribution in [3.8, 4) is 0 Å². The van der Waals surface area contributed by atoms with E-state index >= 15 is 4.39 Å². The van der Waals surface area contributed by atoms with Crippen LogP contribution >= 0.6 is 27.5 Å². The number of ether oxygens (including phenoxy) is 1. The first-order valence-corrected chi connectivity index (χ1v) is 12.4. The number of amides is 1. The lowest BCUT2D eigenvalue weighted by Gasteiger charge is -2.37. The average Bonchev–Trinajstić information content (AvgIpc) is 3.23. The standard InChI is InChI=1S/C25H22BrClF4N2O4/c1-23(2,3)10-16-24(13-8-7-11(26)9-15(13)32-21(24)35)17(12-5-4-6-14(27)18(12)28)19(33-16)20(34)37-22(36)25(29,30)31/h4-9,16-17,19,33H,10H2,1-3H3,(H,32,35)/t16-,17-,19+,24?/m0/s1. The van der Waals surface area contributed by atoms with Crippen molar-refractivity contribution < 1.29 is 36.7 Å². The van der Waals surface area contributed by atoms with Gasteiger partial charge in [0.05, 0.1) is 5.02 Å². The summed E-state index contributed by atoms with van der Waals surface area (Å²) in [5, 5.41) is 5.42. The first-order valence-electron chi connectivity index (χ1n) is 11.2. The Morgan fingerprint density at radius 3 is 2.46 bits per heavy atom. The molecule has 1 saturated heterocycles. The van der Waals surface area contributed by atoms with Crippen molar-refractivity contribution in [2.45, 2.75) is 56.8 Å². The number of fused-ring (bicyclic) bond motifs is 2. The van der Waals surface area contributed by atoms with Crippen molar-refractivity contribution in [2.75, 3.05) is 5.32 Å². The quantitative estimate of drug-likeness (QED) is 0.270. The Morgan fingerprint density at radius 1 is 1.16 bits per heavy atom. The van der Waals surface area contributed by atoms with Crippen LogP contribution in [0.25, 0.3) is 0 Å². The maximum absolute atomic E-state index is 15.5. The fraction of sp³-hybridized carbons (Fsp3) is 0.400. The first kappa shape index (κ1) is 27.5. The minimum absolute atomic E-state index is 0.177. The number of halogens is 6. The molecule has 198 valence electrons. The van der Waals surface area contributed by atoms with Gasteiger partial charge in [0, 0.05) is 22.1 Å². The van der Waals surface area contributed by atoms with Crippen LogP contribution in [0.15, 0.2) is 40.9 Å². The second-order valence-electron chi connectivity index (χ2n) is 10.3. The summed E-state index contributed by atoms with van der Waals surface area (Å²) in [6, 6.07) is 6.37. The van der Waals surface area contributed by atoms with Gasteiger partial charge in [-0.3, -0.25) is 10.1 Å². The zero-order chi connectivity index (χ0) is 27.5. The fourth-order valence-corrected chi connectivity index (χ4v) is 5.89. The van der Waals surface area contributed by atoms with Gasteiger partial charge in [-0.15, -0.1) is 0 Å². The molecule has 6 nitrogen and oxygen atoms in total. The summed E-state index contributed by atoms with van der Waals surface area (Å²) < 4.78 is 59.1. The Labute approximate surface area is 223 Å². The molecule has 4 atom stereocenters. The molecule has 0 aliphatic carbocycles. The van der Waals surface area contributed by atoms with Crippen LogP contribution in [0.2, 0.25) is 5.02 Å². The van der Waals surface area contributed by atoms with Crippen molar-refractivity contribution in [1.82, 2.24) is 5.32 Å². The highest BCUT2D eigenvalue weighted by molar-refractivity contribution is 9.10. The number of hydrogen-bond donors (Lipinski definition) is 2. The molecule has 2 aliphatic rings. The van der Waals surface area contributed by atoms with Gasteiger partial charge in [-0.2, -0.15) is 13.2 Å².